The number of nitrogens with zero attached hydrogens (tertiary/aromatic N) is 2. The van der Waals surface area contributed by atoms with Gasteiger partial charge in [-0.1, -0.05) is 49.2 Å². The van der Waals surface area contributed by atoms with Crippen molar-refractivity contribution in [1.29, 1.82) is 0 Å². The lowest BCUT2D eigenvalue weighted by Gasteiger charge is -2.21. The monoisotopic (exact) mass is 510 g/mol. The normalized spacial score (nSPS) is 13.8. The zero-order chi connectivity index (χ0) is 26.6. The van der Waals surface area contributed by atoms with Gasteiger partial charge in [-0.15, -0.1) is 0 Å². The number of ether oxygens (including phenoxy) is 1. The van der Waals surface area contributed by atoms with Gasteiger partial charge in [0.1, 0.15) is 5.69 Å². The van der Waals surface area contributed by atoms with Gasteiger partial charge < -0.3 is 20.9 Å². The first-order valence-corrected chi connectivity index (χ1v) is 13.1. The van der Waals surface area contributed by atoms with Gasteiger partial charge in [0, 0.05) is 23.7 Å². The number of anilines is 1. The van der Waals surface area contributed by atoms with E-state index in [2.05, 4.69) is 16.5 Å². The summed E-state index contributed by atoms with van der Waals surface area (Å²) in [5.41, 5.74) is 11.3. The van der Waals surface area contributed by atoms with Crippen molar-refractivity contribution < 1.29 is 14.6 Å². The second-order valence-corrected chi connectivity index (χ2v) is 10.0. The Labute approximate surface area is 223 Å². The second kappa shape index (κ2) is 11.1. The molecule has 196 valence electrons. The fraction of sp³-hybridized carbons (Fsp3) is 0.290. The molecule has 0 saturated heterocycles. The molecule has 1 atom stereocenters. The fourth-order valence-corrected chi connectivity index (χ4v) is 5.00. The molecule has 1 saturated carbocycles. The third kappa shape index (κ3) is 5.58. The Kier molecular flexibility index (Phi) is 7.47. The van der Waals surface area contributed by atoms with Crippen LogP contribution in [0.4, 0.5) is 5.69 Å². The molecular formula is C31H34N4O3. The highest BCUT2D eigenvalue weighted by Gasteiger charge is 2.26. The zero-order valence-electron chi connectivity index (χ0n) is 21.9. The van der Waals surface area contributed by atoms with Crippen LogP contribution in [0.1, 0.15) is 64.5 Å². The number of aromatic hydroxyl groups is 1. The van der Waals surface area contributed by atoms with E-state index in [4.69, 9.17) is 10.5 Å². The number of rotatable bonds is 10. The summed E-state index contributed by atoms with van der Waals surface area (Å²) in [6.45, 7) is 2.28. The van der Waals surface area contributed by atoms with Gasteiger partial charge in [-0.3, -0.25) is 4.79 Å². The van der Waals surface area contributed by atoms with Gasteiger partial charge in [0.15, 0.2) is 11.5 Å². The number of hydrogen-bond acceptors (Lipinski definition) is 5. The lowest BCUT2D eigenvalue weighted by molar-refractivity contribution is 0.101. The van der Waals surface area contributed by atoms with E-state index in [-0.39, 0.29) is 17.6 Å². The van der Waals surface area contributed by atoms with Gasteiger partial charge >= 0.3 is 0 Å². The molecule has 1 amide bonds. The van der Waals surface area contributed by atoms with Crippen molar-refractivity contribution in [2.24, 2.45) is 11.7 Å². The SMILES string of the molecule is COc1cccc(C(CCC2CC2)c2cccc(NC(=O)c3cc(C)nn3-c3cccc(CN)c3)c2)c1O. The van der Waals surface area contributed by atoms with Gasteiger partial charge in [0.05, 0.1) is 18.5 Å². The molecule has 1 heterocycles. The van der Waals surface area contributed by atoms with E-state index in [1.165, 1.54) is 12.8 Å². The van der Waals surface area contributed by atoms with E-state index in [9.17, 15) is 9.90 Å². The fourth-order valence-electron chi connectivity index (χ4n) is 5.00. The average Bonchev–Trinajstić information content (AvgIpc) is 3.68. The molecule has 0 spiro atoms. The number of benzene rings is 3. The maximum Gasteiger partial charge on any atom is 0.274 e. The number of methoxy groups -OCH3 is 1. The molecule has 0 radical (unpaired) electrons. The highest BCUT2D eigenvalue weighted by atomic mass is 16.5. The number of phenolic OH excluding ortho intramolecular Hbond substituents is 1. The molecule has 1 unspecified atom stereocenters. The van der Waals surface area contributed by atoms with Crippen LogP contribution in [0.15, 0.2) is 72.8 Å². The van der Waals surface area contributed by atoms with E-state index in [1.807, 2.05) is 61.5 Å². The van der Waals surface area contributed by atoms with Crippen LogP contribution in [0, 0.1) is 12.8 Å². The molecule has 0 bridgehead atoms. The quantitative estimate of drug-likeness (QED) is 0.245. The highest BCUT2D eigenvalue weighted by Crippen LogP contribution is 2.43. The number of nitrogens with one attached hydrogen (secondary N) is 1. The van der Waals surface area contributed by atoms with E-state index in [0.717, 1.165) is 46.8 Å². The predicted molar refractivity (Wildman–Crippen MR) is 149 cm³/mol. The maximum absolute atomic E-state index is 13.4. The van der Waals surface area contributed by atoms with Gasteiger partial charge in [-0.05, 0) is 73.2 Å². The van der Waals surface area contributed by atoms with Crippen LogP contribution in [0.25, 0.3) is 5.69 Å². The Balaban J connectivity index is 1.43. The molecule has 3 aromatic carbocycles. The molecule has 7 heteroatoms. The molecule has 0 aliphatic heterocycles. The molecule has 38 heavy (non-hydrogen) atoms. The molecule has 4 aromatic rings. The number of phenols is 1. The number of carbonyl (C=O) groups is 1. The van der Waals surface area contributed by atoms with E-state index < -0.39 is 0 Å². The number of carbonyl (C=O) groups excluding carboxylic acids is 1. The summed E-state index contributed by atoms with van der Waals surface area (Å²) in [6.07, 6.45) is 4.55. The van der Waals surface area contributed by atoms with Crippen molar-refractivity contribution >= 4 is 11.6 Å². The van der Waals surface area contributed by atoms with Crippen LogP contribution in [0.3, 0.4) is 0 Å². The summed E-state index contributed by atoms with van der Waals surface area (Å²) in [5.74, 6) is 1.12. The van der Waals surface area contributed by atoms with E-state index in [0.29, 0.717) is 23.7 Å². The molecule has 7 nitrogen and oxygen atoms in total. The highest BCUT2D eigenvalue weighted by molar-refractivity contribution is 6.03. The van der Waals surface area contributed by atoms with Gasteiger partial charge in [0.25, 0.3) is 5.91 Å². The smallest absolute Gasteiger partial charge is 0.274 e. The Morgan fingerprint density at radius 2 is 1.92 bits per heavy atom. The molecule has 5 rings (SSSR count). The number of amides is 1. The lowest BCUT2D eigenvalue weighted by Crippen LogP contribution is -2.17. The van der Waals surface area contributed by atoms with Crippen LogP contribution < -0.4 is 15.8 Å². The maximum atomic E-state index is 13.4. The molecule has 1 aliphatic carbocycles. The first-order valence-electron chi connectivity index (χ1n) is 13.1. The average molecular weight is 511 g/mol. The predicted octanol–water partition coefficient (Wildman–Crippen LogP) is 5.93. The van der Waals surface area contributed by atoms with Crippen LogP contribution in [-0.2, 0) is 6.54 Å². The van der Waals surface area contributed by atoms with Crippen LogP contribution in [0.5, 0.6) is 11.5 Å². The molecule has 1 aromatic heterocycles. The third-order valence-corrected chi connectivity index (χ3v) is 7.19. The number of aromatic nitrogens is 2. The Morgan fingerprint density at radius 3 is 2.68 bits per heavy atom. The third-order valence-electron chi connectivity index (χ3n) is 7.19. The summed E-state index contributed by atoms with van der Waals surface area (Å²) in [5, 5.41) is 18.5. The largest absolute Gasteiger partial charge is 0.504 e. The van der Waals surface area contributed by atoms with Gasteiger partial charge in [0.2, 0.25) is 0 Å². The minimum Gasteiger partial charge on any atom is -0.504 e. The minimum atomic E-state index is -0.250. The summed E-state index contributed by atoms with van der Waals surface area (Å²) < 4.78 is 7.03. The summed E-state index contributed by atoms with van der Waals surface area (Å²) in [4.78, 5) is 13.4. The van der Waals surface area contributed by atoms with Gasteiger partial charge in [-0.2, -0.15) is 5.10 Å². The Bertz CT molecular complexity index is 1440. The number of aryl methyl sites for hydroxylation is 1. The van der Waals surface area contributed by atoms with E-state index >= 15 is 0 Å². The molecular weight excluding hydrogens is 476 g/mol. The van der Waals surface area contributed by atoms with Crippen molar-refractivity contribution in [2.75, 3.05) is 12.4 Å². The lowest BCUT2D eigenvalue weighted by atomic mass is 9.85. The number of para-hydroxylation sites is 1. The number of hydrogen-bond donors (Lipinski definition) is 3. The summed E-state index contributed by atoms with van der Waals surface area (Å²) in [7, 11) is 1.56. The Morgan fingerprint density at radius 1 is 1.13 bits per heavy atom. The summed E-state index contributed by atoms with van der Waals surface area (Å²) in [6, 6.07) is 23.0. The minimum absolute atomic E-state index is 0.0191. The van der Waals surface area contributed by atoms with Crippen LogP contribution >= 0.6 is 0 Å². The topological polar surface area (TPSA) is 102 Å². The number of nitrogens with two attached hydrogens (primary N) is 1. The van der Waals surface area contributed by atoms with E-state index in [1.54, 1.807) is 23.9 Å². The summed E-state index contributed by atoms with van der Waals surface area (Å²) >= 11 is 0. The van der Waals surface area contributed by atoms with Crippen LogP contribution in [0.2, 0.25) is 0 Å². The van der Waals surface area contributed by atoms with Crippen LogP contribution in [-0.4, -0.2) is 27.9 Å². The zero-order valence-corrected chi connectivity index (χ0v) is 21.9. The van der Waals surface area contributed by atoms with Crippen molar-refractivity contribution in [3.05, 3.63) is 101 Å². The van der Waals surface area contributed by atoms with Crippen molar-refractivity contribution in [3.63, 3.8) is 0 Å². The second-order valence-electron chi connectivity index (χ2n) is 10.0. The van der Waals surface area contributed by atoms with Gasteiger partial charge in [-0.25, -0.2) is 4.68 Å². The van der Waals surface area contributed by atoms with Crippen molar-refractivity contribution in [2.45, 2.75) is 45.1 Å². The first kappa shape index (κ1) is 25.5. The molecule has 1 aliphatic rings. The Hall–Kier alpha value is -4.10. The van der Waals surface area contributed by atoms with Crippen molar-refractivity contribution in [3.8, 4) is 17.2 Å². The molecule has 4 N–H and O–H groups in total. The standard InChI is InChI=1S/C31H34N4O3/c1-20-16-28(35(34-20)25-9-3-6-22(17-25)19-32)31(37)33-24-8-4-7-23(18-24)26(15-14-21-12-13-21)27-10-5-11-29(38-2)30(27)36/h3-11,16-18,21,26,36H,12-15,19,32H2,1-2H3,(H,33,37). The molecule has 1 fully saturated rings. The first-order chi connectivity index (χ1) is 18.5. The van der Waals surface area contributed by atoms with Crippen molar-refractivity contribution in [1.82, 2.24) is 9.78 Å².